The number of morpholine rings is 1. The number of carboxylic acid groups (broad SMARTS) is 2. The Hall–Kier alpha value is -2.47. The number of aromatic nitrogens is 1. The van der Waals surface area contributed by atoms with Crippen LogP contribution >= 0.6 is 11.8 Å². The van der Waals surface area contributed by atoms with Crippen LogP contribution in [-0.4, -0.2) is 89.9 Å². The van der Waals surface area contributed by atoms with Gasteiger partial charge in [-0.2, -0.15) is 0 Å². The third kappa shape index (κ3) is 9.05. The van der Waals surface area contributed by atoms with E-state index in [2.05, 4.69) is 15.2 Å². The largest absolute Gasteiger partial charge is 0.478 e. The minimum Gasteiger partial charge on any atom is -0.478 e. The molecule has 1 fully saturated rings. The molecule has 0 aliphatic carbocycles. The molecule has 0 saturated carbocycles. The Morgan fingerprint density at radius 1 is 1.28 bits per heavy atom. The number of ether oxygens (including phenoxy) is 2. The molecule has 29 heavy (non-hydrogen) atoms. The number of carboxylic acids is 2. The maximum Gasteiger partial charge on any atom is 0.328 e. The lowest BCUT2D eigenvalue weighted by atomic mass is 10.2. The predicted octanol–water partition coefficient (Wildman–Crippen LogP) is 0.306. The predicted molar refractivity (Wildman–Crippen MR) is 106 cm³/mol. The maximum atomic E-state index is 12.4. The number of amides is 1. The van der Waals surface area contributed by atoms with Gasteiger partial charge in [-0.25, -0.2) is 14.6 Å². The minimum absolute atomic E-state index is 0.160. The summed E-state index contributed by atoms with van der Waals surface area (Å²) in [5, 5.41) is 19.1. The second kappa shape index (κ2) is 12.9. The SMILES string of the molecule is CNC(=O)C(CN1CCOCC1)(OC)Sc1ccccn1.O=C(O)/C=C\C(=O)O. The van der Waals surface area contributed by atoms with Crippen LogP contribution in [-0.2, 0) is 23.9 Å². The molecule has 160 valence electrons. The quantitative estimate of drug-likeness (QED) is 0.302. The maximum absolute atomic E-state index is 12.4. The first-order valence-corrected chi connectivity index (χ1v) is 9.46. The number of rotatable bonds is 8. The van der Waals surface area contributed by atoms with Gasteiger partial charge in [0.2, 0.25) is 4.93 Å². The number of carbonyl (C=O) groups excluding carboxylic acids is 1. The first-order valence-electron chi connectivity index (χ1n) is 8.64. The number of nitrogens with zero attached hydrogens (tertiary/aromatic N) is 2. The first kappa shape index (κ1) is 24.6. The van der Waals surface area contributed by atoms with Crippen molar-refractivity contribution in [2.75, 3.05) is 47.0 Å². The van der Waals surface area contributed by atoms with Gasteiger partial charge in [-0.05, 0) is 12.1 Å². The molecule has 2 heterocycles. The molecule has 1 aromatic rings. The van der Waals surface area contributed by atoms with Gasteiger partial charge in [-0.1, -0.05) is 17.8 Å². The standard InChI is InChI=1S/C14H21N3O3S.C4H4O4/c1-15-13(18)14(19-2,11-17-7-9-20-10-8-17)21-12-5-3-4-6-16-12;5-3(6)1-2-4(7)8/h3-6H,7-11H2,1-2H3,(H,15,18);1-2H,(H,5,6)(H,7,8)/b;2-1-. The highest BCUT2D eigenvalue weighted by atomic mass is 32.2. The van der Waals surface area contributed by atoms with Crippen LogP contribution in [0.2, 0.25) is 0 Å². The molecule has 0 bridgehead atoms. The average Bonchev–Trinajstić information content (AvgIpc) is 2.73. The Bertz CT molecular complexity index is 680. The van der Waals surface area contributed by atoms with E-state index in [4.69, 9.17) is 19.7 Å². The third-order valence-electron chi connectivity index (χ3n) is 3.71. The normalized spacial score (nSPS) is 16.3. The fourth-order valence-electron chi connectivity index (χ4n) is 2.31. The zero-order chi connectivity index (χ0) is 21.7. The van der Waals surface area contributed by atoms with Crippen LogP contribution in [0.1, 0.15) is 0 Å². The van der Waals surface area contributed by atoms with E-state index < -0.39 is 16.9 Å². The van der Waals surface area contributed by atoms with E-state index >= 15 is 0 Å². The van der Waals surface area contributed by atoms with Gasteiger partial charge < -0.3 is 25.0 Å². The van der Waals surface area contributed by atoms with E-state index in [0.29, 0.717) is 31.9 Å². The molecular weight excluding hydrogens is 402 g/mol. The molecule has 10 nitrogen and oxygen atoms in total. The summed E-state index contributed by atoms with van der Waals surface area (Å²) in [6.45, 7) is 3.45. The summed E-state index contributed by atoms with van der Waals surface area (Å²) in [5.41, 5.74) is 0. The zero-order valence-corrected chi connectivity index (χ0v) is 17.1. The van der Waals surface area contributed by atoms with Crippen LogP contribution in [0, 0.1) is 0 Å². The second-order valence-corrected chi connectivity index (χ2v) is 6.99. The lowest BCUT2D eigenvalue weighted by molar-refractivity contribution is -0.135. The molecule has 11 heteroatoms. The molecular formula is C18H25N3O7S. The number of carbonyl (C=O) groups is 3. The Morgan fingerprint density at radius 2 is 1.90 bits per heavy atom. The van der Waals surface area contributed by atoms with Crippen LogP contribution < -0.4 is 5.32 Å². The highest BCUT2D eigenvalue weighted by Gasteiger charge is 2.41. The minimum atomic E-state index is -1.26. The lowest BCUT2D eigenvalue weighted by Gasteiger charge is -2.36. The molecule has 1 aromatic heterocycles. The summed E-state index contributed by atoms with van der Waals surface area (Å²) in [6, 6.07) is 5.62. The van der Waals surface area contributed by atoms with Gasteiger partial charge in [0.05, 0.1) is 18.2 Å². The molecule has 1 aliphatic heterocycles. The molecule has 1 aliphatic rings. The smallest absolute Gasteiger partial charge is 0.328 e. The summed E-state index contributed by atoms with van der Waals surface area (Å²) in [5.74, 6) is -2.67. The summed E-state index contributed by atoms with van der Waals surface area (Å²) < 4.78 is 11.0. The van der Waals surface area contributed by atoms with Crippen LogP contribution in [0.25, 0.3) is 0 Å². The van der Waals surface area contributed by atoms with Crippen LogP contribution in [0.5, 0.6) is 0 Å². The van der Waals surface area contributed by atoms with Crippen LogP contribution in [0.3, 0.4) is 0 Å². The fourth-order valence-corrected chi connectivity index (χ4v) is 3.44. The molecule has 1 saturated heterocycles. The van der Waals surface area contributed by atoms with E-state index in [0.717, 1.165) is 18.1 Å². The first-order chi connectivity index (χ1) is 13.8. The van der Waals surface area contributed by atoms with Crippen molar-refractivity contribution in [3.63, 3.8) is 0 Å². The molecule has 2 rings (SSSR count). The summed E-state index contributed by atoms with van der Waals surface area (Å²) in [7, 11) is 3.18. The summed E-state index contributed by atoms with van der Waals surface area (Å²) in [4.78, 5) is 37.0. The van der Waals surface area contributed by atoms with Crippen molar-refractivity contribution in [2.45, 2.75) is 9.96 Å². The van der Waals surface area contributed by atoms with Crippen LogP contribution in [0.4, 0.5) is 0 Å². The van der Waals surface area contributed by atoms with Crippen molar-refractivity contribution in [2.24, 2.45) is 0 Å². The molecule has 1 atom stereocenters. The van der Waals surface area contributed by atoms with Gasteiger partial charge >= 0.3 is 11.9 Å². The summed E-state index contributed by atoms with van der Waals surface area (Å²) >= 11 is 1.33. The number of hydrogen-bond acceptors (Lipinski definition) is 8. The van der Waals surface area contributed by atoms with Crippen molar-refractivity contribution in [1.82, 2.24) is 15.2 Å². The van der Waals surface area contributed by atoms with Crippen molar-refractivity contribution in [3.05, 3.63) is 36.5 Å². The van der Waals surface area contributed by atoms with E-state index in [9.17, 15) is 14.4 Å². The fraction of sp³-hybridized carbons (Fsp3) is 0.444. The Kier molecular flexibility index (Phi) is 10.9. The van der Waals surface area contributed by atoms with E-state index in [1.54, 1.807) is 20.4 Å². The lowest BCUT2D eigenvalue weighted by Crippen LogP contribution is -2.54. The number of hydrogen-bond donors (Lipinski definition) is 3. The van der Waals surface area contributed by atoms with E-state index in [1.165, 1.54) is 11.8 Å². The molecule has 0 spiro atoms. The molecule has 0 aromatic carbocycles. The monoisotopic (exact) mass is 427 g/mol. The number of thioether (sulfide) groups is 1. The molecule has 1 unspecified atom stereocenters. The van der Waals surface area contributed by atoms with E-state index in [-0.39, 0.29) is 5.91 Å². The number of pyridine rings is 1. The highest BCUT2D eigenvalue weighted by Crippen LogP contribution is 2.33. The van der Waals surface area contributed by atoms with Crippen molar-refractivity contribution < 1.29 is 34.1 Å². The molecule has 0 radical (unpaired) electrons. The van der Waals surface area contributed by atoms with Gasteiger partial charge in [-0.3, -0.25) is 9.69 Å². The van der Waals surface area contributed by atoms with Gasteiger partial charge in [-0.15, -0.1) is 0 Å². The van der Waals surface area contributed by atoms with Gasteiger partial charge in [0.1, 0.15) is 0 Å². The highest BCUT2D eigenvalue weighted by molar-refractivity contribution is 8.01. The number of nitrogens with one attached hydrogen (secondary N) is 1. The van der Waals surface area contributed by atoms with Gasteiger partial charge in [0.25, 0.3) is 5.91 Å². The van der Waals surface area contributed by atoms with Crippen molar-refractivity contribution in [1.29, 1.82) is 0 Å². The average molecular weight is 427 g/mol. The topological polar surface area (TPSA) is 138 Å². The number of methoxy groups -OCH3 is 1. The van der Waals surface area contributed by atoms with Crippen LogP contribution in [0.15, 0.2) is 41.6 Å². The Morgan fingerprint density at radius 3 is 2.34 bits per heavy atom. The van der Waals surface area contributed by atoms with Crippen molar-refractivity contribution >= 4 is 29.6 Å². The van der Waals surface area contributed by atoms with E-state index in [1.807, 2.05) is 18.2 Å². The molecule has 1 amide bonds. The molecule has 3 N–H and O–H groups in total. The Balaban J connectivity index is 0.000000447. The number of likely N-dealkylation sites (N-methyl/N-ethyl adjacent to an activating group) is 1. The third-order valence-corrected chi connectivity index (χ3v) is 4.98. The van der Waals surface area contributed by atoms with Crippen molar-refractivity contribution in [3.8, 4) is 0 Å². The van der Waals surface area contributed by atoms with Gasteiger partial charge in [0.15, 0.2) is 0 Å². The Labute approximate surface area is 172 Å². The number of aliphatic carboxylic acids is 2. The second-order valence-electron chi connectivity index (χ2n) is 5.70. The van der Waals surface area contributed by atoms with Gasteiger partial charge in [0, 0.05) is 52.1 Å². The zero-order valence-electron chi connectivity index (χ0n) is 16.2. The summed E-state index contributed by atoms with van der Waals surface area (Å²) in [6.07, 6.45) is 2.83.